The van der Waals surface area contributed by atoms with E-state index in [9.17, 15) is 0 Å². The number of hydrogen-bond acceptors (Lipinski definition) is 5. The van der Waals surface area contributed by atoms with E-state index in [1.165, 1.54) is 0 Å². The predicted octanol–water partition coefficient (Wildman–Crippen LogP) is 1.07. The minimum absolute atomic E-state index is 0.269. The van der Waals surface area contributed by atoms with E-state index in [0.29, 0.717) is 18.1 Å². The van der Waals surface area contributed by atoms with E-state index in [1.54, 1.807) is 10.9 Å². The van der Waals surface area contributed by atoms with Gasteiger partial charge in [-0.3, -0.25) is 4.40 Å². The van der Waals surface area contributed by atoms with Gasteiger partial charge >= 0.3 is 0 Å². The van der Waals surface area contributed by atoms with E-state index in [2.05, 4.69) is 34.1 Å². The van der Waals surface area contributed by atoms with Crippen molar-refractivity contribution in [3.8, 4) is 0 Å². The zero-order valence-electron chi connectivity index (χ0n) is 10.9. The summed E-state index contributed by atoms with van der Waals surface area (Å²) >= 11 is 0. The summed E-state index contributed by atoms with van der Waals surface area (Å²) in [5, 5.41) is 8.00. The molecule has 3 heterocycles. The lowest BCUT2D eigenvalue weighted by Crippen LogP contribution is -2.09. The highest BCUT2D eigenvalue weighted by atomic mass is 15.4. The molecule has 0 radical (unpaired) electrons. The second-order valence-electron chi connectivity index (χ2n) is 4.73. The van der Waals surface area contributed by atoms with Gasteiger partial charge in [0.25, 0.3) is 0 Å². The lowest BCUT2D eigenvalue weighted by atomic mass is 10.1. The van der Waals surface area contributed by atoms with Gasteiger partial charge in [0.05, 0.1) is 17.9 Å². The van der Waals surface area contributed by atoms with Crippen molar-refractivity contribution in [2.75, 3.05) is 5.73 Å². The van der Waals surface area contributed by atoms with Gasteiger partial charge in [0.2, 0.25) is 5.78 Å². The molecule has 3 aromatic rings. The van der Waals surface area contributed by atoms with Gasteiger partial charge < -0.3 is 5.73 Å². The maximum Gasteiger partial charge on any atom is 0.233 e. The molecular formula is C12H15N7. The molecule has 0 bridgehead atoms. The number of anilines is 1. The first-order chi connectivity index (χ1) is 9.15. The number of hydrogen-bond donors (Lipinski definition) is 1. The summed E-state index contributed by atoms with van der Waals surface area (Å²) in [4.78, 5) is 8.63. The zero-order valence-corrected chi connectivity index (χ0v) is 10.9. The normalized spacial score (nSPS) is 11.5. The number of nitrogen functional groups attached to an aromatic ring is 1. The summed E-state index contributed by atoms with van der Waals surface area (Å²) in [6.07, 6.45) is 5.57. The van der Waals surface area contributed by atoms with Crippen LogP contribution in [0.1, 0.15) is 31.2 Å². The van der Waals surface area contributed by atoms with E-state index in [4.69, 9.17) is 5.73 Å². The third-order valence-corrected chi connectivity index (χ3v) is 2.94. The fraction of sp³-hybridized carbons (Fsp3) is 0.333. The van der Waals surface area contributed by atoms with Gasteiger partial charge in [-0.05, 0) is 12.0 Å². The van der Waals surface area contributed by atoms with Crippen molar-refractivity contribution in [2.45, 2.75) is 26.3 Å². The monoisotopic (exact) mass is 257 g/mol. The van der Waals surface area contributed by atoms with Gasteiger partial charge in [-0.15, -0.1) is 5.10 Å². The molecule has 0 unspecified atom stereocenters. The quantitative estimate of drug-likeness (QED) is 0.758. The molecule has 0 aliphatic carbocycles. The number of nitrogens with two attached hydrogens (primary N) is 1. The molecule has 2 N–H and O–H groups in total. The summed E-state index contributed by atoms with van der Waals surface area (Å²) in [7, 11) is 0. The summed E-state index contributed by atoms with van der Waals surface area (Å²) in [5.41, 5.74) is 7.65. The molecule has 0 aliphatic rings. The van der Waals surface area contributed by atoms with Crippen molar-refractivity contribution in [1.29, 1.82) is 0 Å². The molecule has 0 saturated carbocycles. The Balaban J connectivity index is 1.97. The van der Waals surface area contributed by atoms with E-state index in [-0.39, 0.29) is 5.92 Å². The molecule has 3 rings (SSSR count). The minimum atomic E-state index is 0.269. The van der Waals surface area contributed by atoms with Crippen LogP contribution in [0.5, 0.6) is 0 Å². The first-order valence-electron chi connectivity index (χ1n) is 6.12. The van der Waals surface area contributed by atoms with Crippen molar-refractivity contribution in [3.05, 3.63) is 36.0 Å². The predicted molar refractivity (Wildman–Crippen MR) is 70.6 cm³/mol. The molecule has 0 aliphatic heterocycles. The van der Waals surface area contributed by atoms with Gasteiger partial charge in [0.1, 0.15) is 0 Å². The molecular weight excluding hydrogens is 242 g/mol. The number of fused-ring (bicyclic) bond motifs is 1. The highest BCUT2D eigenvalue weighted by Crippen LogP contribution is 2.19. The lowest BCUT2D eigenvalue weighted by molar-refractivity contribution is 0.591. The second-order valence-corrected chi connectivity index (χ2v) is 4.73. The average molecular weight is 257 g/mol. The summed E-state index contributed by atoms with van der Waals surface area (Å²) in [6, 6.07) is 1.87. The molecule has 3 aromatic heterocycles. The molecule has 0 amide bonds. The average Bonchev–Trinajstić information content (AvgIpc) is 2.92. The Bertz CT molecular complexity index is 677. The minimum Gasteiger partial charge on any atom is -0.381 e. The topological polar surface area (TPSA) is 86.9 Å². The van der Waals surface area contributed by atoms with Crippen molar-refractivity contribution >= 4 is 11.6 Å². The first-order valence-corrected chi connectivity index (χ1v) is 6.12. The van der Waals surface area contributed by atoms with Gasteiger partial charge in [-0.1, -0.05) is 19.1 Å². The standard InChI is InChI=1S/C12H15N7/c1-8(2)10-11(13)16-17-19(10)7-9-6-18-5-3-4-14-12(18)15-9/h3-6,8H,7,13H2,1-2H3. The Hall–Kier alpha value is -2.44. The van der Waals surface area contributed by atoms with Gasteiger partial charge in [-0.25, -0.2) is 14.6 Å². The van der Waals surface area contributed by atoms with E-state index >= 15 is 0 Å². The van der Waals surface area contributed by atoms with Crippen LogP contribution in [0.2, 0.25) is 0 Å². The van der Waals surface area contributed by atoms with Crippen LogP contribution in [-0.4, -0.2) is 29.4 Å². The van der Waals surface area contributed by atoms with Crippen LogP contribution in [0.25, 0.3) is 5.78 Å². The Labute approximate surface area is 110 Å². The second kappa shape index (κ2) is 4.34. The Morgan fingerprint density at radius 3 is 2.95 bits per heavy atom. The van der Waals surface area contributed by atoms with Gasteiger partial charge in [0, 0.05) is 18.6 Å². The molecule has 0 spiro atoms. The first kappa shape index (κ1) is 11.6. The number of nitrogens with zero attached hydrogens (tertiary/aromatic N) is 6. The highest BCUT2D eigenvalue weighted by molar-refractivity contribution is 5.36. The number of aromatic nitrogens is 6. The number of rotatable bonds is 3. The molecule has 7 nitrogen and oxygen atoms in total. The molecule has 7 heteroatoms. The fourth-order valence-electron chi connectivity index (χ4n) is 2.15. The third-order valence-electron chi connectivity index (χ3n) is 2.94. The number of imidazole rings is 1. The highest BCUT2D eigenvalue weighted by Gasteiger charge is 2.15. The van der Waals surface area contributed by atoms with Crippen LogP contribution in [0.15, 0.2) is 24.7 Å². The Morgan fingerprint density at radius 1 is 1.37 bits per heavy atom. The summed E-state index contributed by atoms with van der Waals surface area (Å²) in [5.74, 6) is 1.43. The summed E-state index contributed by atoms with van der Waals surface area (Å²) in [6.45, 7) is 4.68. The Kier molecular flexibility index (Phi) is 2.66. The van der Waals surface area contributed by atoms with E-state index in [0.717, 1.165) is 11.4 Å². The Morgan fingerprint density at radius 2 is 2.21 bits per heavy atom. The van der Waals surface area contributed by atoms with Crippen molar-refractivity contribution in [3.63, 3.8) is 0 Å². The molecule has 98 valence electrons. The van der Waals surface area contributed by atoms with E-state index in [1.807, 2.05) is 22.9 Å². The fourth-order valence-corrected chi connectivity index (χ4v) is 2.15. The van der Waals surface area contributed by atoms with Crippen LogP contribution >= 0.6 is 0 Å². The van der Waals surface area contributed by atoms with Gasteiger partial charge in [0.15, 0.2) is 5.82 Å². The summed E-state index contributed by atoms with van der Waals surface area (Å²) < 4.78 is 3.67. The largest absolute Gasteiger partial charge is 0.381 e. The molecule has 0 saturated heterocycles. The molecule has 0 fully saturated rings. The lowest BCUT2D eigenvalue weighted by Gasteiger charge is -2.07. The third kappa shape index (κ3) is 2.03. The smallest absolute Gasteiger partial charge is 0.233 e. The van der Waals surface area contributed by atoms with Gasteiger partial charge in [-0.2, -0.15) is 0 Å². The maximum absolute atomic E-state index is 5.84. The van der Waals surface area contributed by atoms with Crippen LogP contribution < -0.4 is 5.73 Å². The molecule has 0 atom stereocenters. The SMILES string of the molecule is CC(C)c1c(N)nnn1Cc1cn2cccnc2n1. The van der Waals surface area contributed by atoms with Crippen molar-refractivity contribution < 1.29 is 0 Å². The van der Waals surface area contributed by atoms with Crippen molar-refractivity contribution in [2.24, 2.45) is 0 Å². The van der Waals surface area contributed by atoms with Crippen molar-refractivity contribution in [1.82, 2.24) is 29.4 Å². The maximum atomic E-state index is 5.84. The zero-order chi connectivity index (χ0) is 13.4. The van der Waals surface area contributed by atoms with Crippen LogP contribution in [0, 0.1) is 0 Å². The van der Waals surface area contributed by atoms with Crippen LogP contribution in [0.4, 0.5) is 5.82 Å². The van der Waals surface area contributed by atoms with Crippen LogP contribution in [0.3, 0.4) is 0 Å². The van der Waals surface area contributed by atoms with E-state index < -0.39 is 0 Å². The molecule has 0 aromatic carbocycles. The molecule has 19 heavy (non-hydrogen) atoms. The van der Waals surface area contributed by atoms with Crippen LogP contribution in [-0.2, 0) is 6.54 Å².